The Hall–Kier alpha value is -2.33. The Bertz CT molecular complexity index is 987. The van der Waals surface area contributed by atoms with Crippen molar-refractivity contribution in [1.82, 2.24) is 14.5 Å². The van der Waals surface area contributed by atoms with Gasteiger partial charge in [-0.1, -0.05) is 30.3 Å². The van der Waals surface area contributed by atoms with Crippen molar-refractivity contribution in [2.24, 2.45) is 0 Å². The van der Waals surface area contributed by atoms with E-state index in [4.69, 9.17) is 0 Å². The van der Waals surface area contributed by atoms with Gasteiger partial charge in [0, 0.05) is 22.4 Å². The summed E-state index contributed by atoms with van der Waals surface area (Å²) < 4.78 is 2.31. The average molecular weight is 319 g/mol. The minimum atomic E-state index is 0.896. The Kier molecular flexibility index (Phi) is 3.54. The molecule has 0 aliphatic carbocycles. The zero-order valence-corrected chi connectivity index (χ0v) is 14.0. The van der Waals surface area contributed by atoms with Crippen LogP contribution in [0.25, 0.3) is 33.2 Å². The molecule has 23 heavy (non-hydrogen) atoms. The molecule has 0 atom stereocenters. The van der Waals surface area contributed by atoms with Crippen LogP contribution in [0.1, 0.15) is 6.92 Å². The maximum absolute atomic E-state index is 4.60. The molecule has 0 amide bonds. The van der Waals surface area contributed by atoms with Gasteiger partial charge in [-0.3, -0.25) is 0 Å². The summed E-state index contributed by atoms with van der Waals surface area (Å²) in [6.45, 7) is 3.06. The van der Waals surface area contributed by atoms with Gasteiger partial charge in [-0.2, -0.15) is 0 Å². The Morgan fingerprint density at radius 2 is 1.78 bits per heavy atom. The van der Waals surface area contributed by atoms with Gasteiger partial charge in [0.1, 0.15) is 11.8 Å². The summed E-state index contributed by atoms with van der Waals surface area (Å²) in [4.78, 5) is 10.4. The van der Waals surface area contributed by atoms with Gasteiger partial charge >= 0.3 is 0 Å². The van der Waals surface area contributed by atoms with E-state index in [1.807, 2.05) is 0 Å². The fourth-order valence-electron chi connectivity index (χ4n) is 3.15. The van der Waals surface area contributed by atoms with Gasteiger partial charge in [-0.15, -0.1) is 11.8 Å². The van der Waals surface area contributed by atoms with E-state index < -0.39 is 0 Å². The largest absolute Gasteiger partial charge is 0.338 e. The monoisotopic (exact) mass is 319 g/mol. The highest BCUT2D eigenvalue weighted by atomic mass is 32.2. The molecule has 4 aromatic rings. The van der Waals surface area contributed by atoms with Crippen LogP contribution >= 0.6 is 11.8 Å². The lowest BCUT2D eigenvalue weighted by Crippen LogP contribution is -1.97. The third kappa shape index (κ3) is 2.21. The molecule has 114 valence electrons. The fourth-order valence-corrected chi connectivity index (χ4v) is 3.56. The normalized spacial score (nSPS) is 11.4. The van der Waals surface area contributed by atoms with Crippen molar-refractivity contribution >= 4 is 33.7 Å². The second-order valence-corrected chi connectivity index (χ2v) is 6.29. The highest BCUT2D eigenvalue weighted by Gasteiger charge is 2.15. The number of para-hydroxylation sites is 1. The van der Waals surface area contributed by atoms with Gasteiger partial charge in [0.25, 0.3) is 0 Å². The molecule has 4 heteroatoms. The van der Waals surface area contributed by atoms with E-state index in [2.05, 4.69) is 76.2 Å². The maximum Gasteiger partial charge on any atom is 0.116 e. The summed E-state index contributed by atoms with van der Waals surface area (Å²) in [6.07, 6.45) is 3.76. The standard InChI is InChI=1S/C19H17N3S/c1-3-22-16-7-5-4-6-15(16)18-19(22)17(20-12-21-18)13-8-10-14(23-2)11-9-13/h4-12H,3H2,1-2H3. The predicted molar refractivity (Wildman–Crippen MR) is 97.9 cm³/mol. The van der Waals surface area contributed by atoms with Crippen LogP contribution in [0.3, 0.4) is 0 Å². The number of fused-ring (bicyclic) bond motifs is 3. The van der Waals surface area contributed by atoms with Gasteiger partial charge < -0.3 is 4.57 Å². The maximum atomic E-state index is 4.60. The molecule has 0 radical (unpaired) electrons. The minimum Gasteiger partial charge on any atom is -0.338 e. The number of aryl methyl sites for hydroxylation is 1. The molecule has 0 unspecified atom stereocenters. The summed E-state index contributed by atoms with van der Waals surface area (Å²) in [5.41, 5.74) is 5.50. The number of aromatic nitrogens is 3. The number of thioether (sulfide) groups is 1. The third-order valence-corrected chi connectivity index (χ3v) is 4.97. The second-order valence-electron chi connectivity index (χ2n) is 5.41. The average Bonchev–Trinajstić information content (AvgIpc) is 2.95. The molecule has 0 fully saturated rings. The molecule has 0 N–H and O–H groups in total. The minimum absolute atomic E-state index is 0.896. The molecule has 0 spiro atoms. The summed E-state index contributed by atoms with van der Waals surface area (Å²) >= 11 is 1.75. The first-order chi connectivity index (χ1) is 11.3. The number of rotatable bonds is 3. The smallest absolute Gasteiger partial charge is 0.116 e. The molecule has 2 aromatic carbocycles. The van der Waals surface area contributed by atoms with Crippen molar-refractivity contribution < 1.29 is 0 Å². The van der Waals surface area contributed by atoms with Crippen molar-refractivity contribution in [2.45, 2.75) is 18.4 Å². The first-order valence-electron chi connectivity index (χ1n) is 7.70. The Labute approximate surface area is 139 Å². The van der Waals surface area contributed by atoms with Gasteiger partial charge in [-0.25, -0.2) is 9.97 Å². The van der Waals surface area contributed by atoms with Crippen LogP contribution in [0.15, 0.2) is 59.8 Å². The van der Waals surface area contributed by atoms with Crippen LogP contribution in [0.5, 0.6) is 0 Å². The second kappa shape index (κ2) is 5.70. The molecule has 0 bridgehead atoms. The molecule has 0 saturated carbocycles. The number of nitrogens with zero attached hydrogens (tertiary/aromatic N) is 3. The van der Waals surface area contributed by atoms with Crippen molar-refractivity contribution in [2.75, 3.05) is 6.26 Å². The van der Waals surface area contributed by atoms with Gasteiger partial charge in [0.2, 0.25) is 0 Å². The van der Waals surface area contributed by atoms with Crippen LogP contribution in [0, 0.1) is 0 Å². The van der Waals surface area contributed by atoms with Crippen molar-refractivity contribution in [3.8, 4) is 11.3 Å². The highest BCUT2D eigenvalue weighted by molar-refractivity contribution is 7.98. The topological polar surface area (TPSA) is 30.7 Å². The zero-order chi connectivity index (χ0) is 15.8. The van der Waals surface area contributed by atoms with E-state index in [1.54, 1.807) is 18.1 Å². The third-order valence-electron chi connectivity index (χ3n) is 4.22. The van der Waals surface area contributed by atoms with Gasteiger partial charge in [0.05, 0.1) is 16.7 Å². The Morgan fingerprint density at radius 3 is 2.52 bits per heavy atom. The highest BCUT2D eigenvalue weighted by Crippen LogP contribution is 2.33. The SMILES string of the molecule is CCn1c2ccccc2c2ncnc(-c3ccc(SC)cc3)c21. The van der Waals surface area contributed by atoms with Crippen LogP contribution in [0.4, 0.5) is 0 Å². The molecule has 0 saturated heterocycles. The Morgan fingerprint density at radius 1 is 1.00 bits per heavy atom. The van der Waals surface area contributed by atoms with Gasteiger partial charge in [0.15, 0.2) is 0 Å². The fraction of sp³-hybridized carbons (Fsp3) is 0.158. The zero-order valence-electron chi connectivity index (χ0n) is 13.2. The van der Waals surface area contributed by atoms with Gasteiger partial charge in [-0.05, 0) is 31.4 Å². The van der Waals surface area contributed by atoms with Crippen molar-refractivity contribution in [1.29, 1.82) is 0 Å². The predicted octanol–water partition coefficient (Wildman–Crippen LogP) is 4.99. The van der Waals surface area contributed by atoms with E-state index in [9.17, 15) is 0 Å². The van der Waals surface area contributed by atoms with E-state index in [1.165, 1.54) is 15.8 Å². The molecule has 2 heterocycles. The number of hydrogen-bond donors (Lipinski definition) is 0. The lowest BCUT2D eigenvalue weighted by Gasteiger charge is -2.08. The van der Waals surface area contributed by atoms with Crippen LogP contribution in [-0.2, 0) is 6.54 Å². The molecular formula is C19H17N3S. The quantitative estimate of drug-likeness (QED) is 0.498. The number of benzene rings is 2. The van der Waals surface area contributed by atoms with Crippen LogP contribution in [-0.4, -0.2) is 20.8 Å². The molecule has 0 aliphatic rings. The summed E-state index contributed by atoms with van der Waals surface area (Å²) in [7, 11) is 0. The summed E-state index contributed by atoms with van der Waals surface area (Å²) in [6, 6.07) is 17.0. The summed E-state index contributed by atoms with van der Waals surface area (Å²) in [5.74, 6) is 0. The molecule has 0 aliphatic heterocycles. The molecule has 2 aromatic heterocycles. The van der Waals surface area contributed by atoms with E-state index in [0.717, 1.165) is 28.8 Å². The molecular weight excluding hydrogens is 302 g/mol. The van der Waals surface area contributed by atoms with E-state index in [0.29, 0.717) is 0 Å². The van der Waals surface area contributed by atoms with E-state index >= 15 is 0 Å². The first kappa shape index (κ1) is 14.3. The lowest BCUT2D eigenvalue weighted by atomic mass is 10.1. The van der Waals surface area contributed by atoms with Crippen molar-refractivity contribution in [3.05, 3.63) is 54.9 Å². The molecule has 4 rings (SSSR count). The lowest BCUT2D eigenvalue weighted by molar-refractivity contribution is 0.825. The molecule has 3 nitrogen and oxygen atoms in total. The Balaban J connectivity index is 2.07. The van der Waals surface area contributed by atoms with Crippen molar-refractivity contribution in [3.63, 3.8) is 0 Å². The number of hydrogen-bond acceptors (Lipinski definition) is 3. The van der Waals surface area contributed by atoms with Crippen LogP contribution < -0.4 is 0 Å². The van der Waals surface area contributed by atoms with E-state index in [-0.39, 0.29) is 0 Å². The van der Waals surface area contributed by atoms with Crippen LogP contribution in [0.2, 0.25) is 0 Å². The summed E-state index contributed by atoms with van der Waals surface area (Å²) in [5, 5.41) is 1.19. The first-order valence-corrected chi connectivity index (χ1v) is 8.92.